The molecule has 4 rings (SSSR count). The molecule has 0 spiro atoms. The minimum atomic E-state index is 0.0861. The number of nitrogens with zero attached hydrogens (tertiary/aromatic N) is 6. The number of aromatic nitrogens is 4. The third-order valence-corrected chi connectivity index (χ3v) is 4.87. The predicted octanol–water partition coefficient (Wildman–Crippen LogP) is 2.18. The van der Waals surface area contributed by atoms with Crippen LogP contribution in [0.5, 0.6) is 0 Å². The van der Waals surface area contributed by atoms with Gasteiger partial charge in [0, 0.05) is 44.1 Å². The first kappa shape index (κ1) is 17.2. The molecule has 0 atom stereocenters. The van der Waals surface area contributed by atoms with Gasteiger partial charge >= 0.3 is 0 Å². The average molecular weight is 362 g/mol. The molecule has 0 N–H and O–H groups in total. The number of piperazine rings is 1. The molecule has 1 aliphatic rings. The molecule has 0 saturated carbocycles. The number of carbonyl (C=O) groups is 1. The molecule has 3 heterocycles. The summed E-state index contributed by atoms with van der Waals surface area (Å²) >= 11 is 0. The number of benzene rings is 1. The Morgan fingerprint density at radius 1 is 1.07 bits per heavy atom. The molecule has 0 radical (unpaired) electrons. The van der Waals surface area contributed by atoms with E-state index < -0.39 is 0 Å². The lowest BCUT2D eigenvalue weighted by Gasteiger charge is -2.35. The van der Waals surface area contributed by atoms with Gasteiger partial charge in [-0.15, -0.1) is 10.2 Å². The van der Waals surface area contributed by atoms with Crippen molar-refractivity contribution in [3.8, 4) is 0 Å². The molecule has 1 amide bonds. The van der Waals surface area contributed by atoms with Crippen LogP contribution < -0.4 is 4.90 Å². The van der Waals surface area contributed by atoms with E-state index in [0.29, 0.717) is 13.1 Å². The summed E-state index contributed by atoms with van der Waals surface area (Å²) < 4.78 is 1.94. The first-order chi connectivity index (χ1) is 13.1. The molecule has 27 heavy (non-hydrogen) atoms. The predicted molar refractivity (Wildman–Crippen MR) is 104 cm³/mol. The maximum Gasteiger partial charge on any atom is 0.249 e. The van der Waals surface area contributed by atoms with Crippen molar-refractivity contribution < 1.29 is 4.79 Å². The maximum atomic E-state index is 12.8. The highest BCUT2D eigenvalue weighted by Gasteiger charge is 2.24. The number of amides is 1. The third kappa shape index (κ3) is 3.40. The van der Waals surface area contributed by atoms with E-state index >= 15 is 0 Å². The molecule has 3 aromatic rings. The van der Waals surface area contributed by atoms with Crippen molar-refractivity contribution in [2.75, 3.05) is 31.1 Å². The van der Waals surface area contributed by atoms with Gasteiger partial charge in [0.1, 0.15) is 5.82 Å². The fourth-order valence-corrected chi connectivity index (χ4v) is 3.38. The molecule has 1 aliphatic heterocycles. The minimum absolute atomic E-state index is 0.0861. The zero-order chi connectivity index (χ0) is 18.8. The van der Waals surface area contributed by atoms with Crippen molar-refractivity contribution in [1.82, 2.24) is 24.5 Å². The van der Waals surface area contributed by atoms with E-state index in [1.54, 1.807) is 6.20 Å². The zero-order valence-electron chi connectivity index (χ0n) is 15.5. The summed E-state index contributed by atoms with van der Waals surface area (Å²) in [5.74, 6) is 1.74. The van der Waals surface area contributed by atoms with Gasteiger partial charge in [0.2, 0.25) is 11.6 Å². The lowest BCUT2D eigenvalue weighted by atomic mass is 10.1. The van der Waals surface area contributed by atoms with Gasteiger partial charge in [-0.25, -0.2) is 4.98 Å². The smallest absolute Gasteiger partial charge is 0.249 e. The Hall–Kier alpha value is -3.22. The summed E-state index contributed by atoms with van der Waals surface area (Å²) in [5.41, 5.74) is 2.55. The summed E-state index contributed by atoms with van der Waals surface area (Å²) in [6.45, 7) is 6.57. The van der Waals surface area contributed by atoms with Crippen molar-refractivity contribution in [3.05, 3.63) is 59.7 Å². The number of fused-ring (bicyclic) bond motifs is 1. The molecule has 1 saturated heterocycles. The number of hydrogen-bond acceptors (Lipinski definition) is 5. The number of anilines is 1. The van der Waals surface area contributed by atoms with Gasteiger partial charge in [0.05, 0.1) is 0 Å². The summed E-state index contributed by atoms with van der Waals surface area (Å²) in [7, 11) is 0. The maximum absolute atomic E-state index is 12.8. The second-order valence-electron chi connectivity index (χ2n) is 6.71. The van der Waals surface area contributed by atoms with Crippen LogP contribution in [0.4, 0.5) is 5.82 Å². The molecule has 7 heteroatoms. The Balaban J connectivity index is 1.45. The SMILES string of the molecule is C/C(=C\c1ccccc1)C(=O)N1CCN(c2nccn3c(C)nnc23)CC1. The normalized spacial score (nSPS) is 15.4. The van der Waals surface area contributed by atoms with E-state index in [1.165, 1.54) is 0 Å². The van der Waals surface area contributed by atoms with Crippen LogP contribution in [0.15, 0.2) is 48.3 Å². The van der Waals surface area contributed by atoms with Crippen LogP contribution in [-0.4, -0.2) is 56.6 Å². The second kappa shape index (κ2) is 7.19. The van der Waals surface area contributed by atoms with Crippen LogP contribution in [0.2, 0.25) is 0 Å². The van der Waals surface area contributed by atoms with E-state index in [9.17, 15) is 4.79 Å². The molecule has 138 valence electrons. The first-order valence-corrected chi connectivity index (χ1v) is 9.07. The van der Waals surface area contributed by atoms with Gasteiger partial charge < -0.3 is 9.80 Å². The van der Waals surface area contributed by atoms with E-state index in [0.717, 1.165) is 41.5 Å². The summed E-state index contributed by atoms with van der Waals surface area (Å²) in [5, 5.41) is 8.37. The van der Waals surface area contributed by atoms with Crippen molar-refractivity contribution in [3.63, 3.8) is 0 Å². The van der Waals surface area contributed by atoms with Gasteiger partial charge in [-0.05, 0) is 25.5 Å². The number of hydrogen-bond donors (Lipinski definition) is 0. The van der Waals surface area contributed by atoms with Crippen molar-refractivity contribution in [2.45, 2.75) is 13.8 Å². The average Bonchev–Trinajstić information content (AvgIpc) is 3.09. The monoisotopic (exact) mass is 362 g/mol. The molecule has 0 unspecified atom stereocenters. The van der Waals surface area contributed by atoms with Crippen LogP contribution in [-0.2, 0) is 4.79 Å². The molecule has 1 fully saturated rings. The molecule has 1 aromatic carbocycles. The van der Waals surface area contributed by atoms with Gasteiger partial charge in [-0.1, -0.05) is 30.3 Å². The minimum Gasteiger partial charge on any atom is -0.350 e. The van der Waals surface area contributed by atoms with Crippen LogP contribution in [0.3, 0.4) is 0 Å². The first-order valence-electron chi connectivity index (χ1n) is 9.07. The van der Waals surface area contributed by atoms with Crippen LogP contribution in [0.1, 0.15) is 18.3 Å². The molecular weight excluding hydrogens is 340 g/mol. The fraction of sp³-hybridized carbons (Fsp3) is 0.300. The summed E-state index contributed by atoms with van der Waals surface area (Å²) in [6.07, 6.45) is 5.57. The molecular formula is C20H22N6O. The Morgan fingerprint density at radius 2 is 1.81 bits per heavy atom. The quantitative estimate of drug-likeness (QED) is 0.668. The molecule has 0 bridgehead atoms. The standard InChI is InChI=1S/C20H22N6O/c1-15(14-17-6-4-3-5-7-17)20(27)25-12-10-24(11-13-25)18-19-23-22-16(2)26(19)9-8-21-18/h3-9,14H,10-13H2,1-2H3/b15-14+. The Labute approximate surface area is 158 Å². The number of aryl methyl sites for hydroxylation is 1. The third-order valence-electron chi connectivity index (χ3n) is 4.87. The Kier molecular flexibility index (Phi) is 4.58. The molecule has 0 aliphatic carbocycles. The van der Waals surface area contributed by atoms with Crippen molar-refractivity contribution in [2.24, 2.45) is 0 Å². The van der Waals surface area contributed by atoms with Gasteiger partial charge in [0.15, 0.2) is 5.82 Å². The second-order valence-corrected chi connectivity index (χ2v) is 6.71. The Bertz CT molecular complexity index is 986. The molecule has 2 aromatic heterocycles. The highest BCUT2D eigenvalue weighted by atomic mass is 16.2. The van der Waals surface area contributed by atoms with E-state index in [1.807, 2.05) is 65.8 Å². The van der Waals surface area contributed by atoms with E-state index in [4.69, 9.17) is 0 Å². The van der Waals surface area contributed by atoms with Gasteiger partial charge in [0.25, 0.3) is 0 Å². The largest absolute Gasteiger partial charge is 0.350 e. The summed E-state index contributed by atoms with van der Waals surface area (Å²) in [6, 6.07) is 9.92. The topological polar surface area (TPSA) is 66.6 Å². The lowest BCUT2D eigenvalue weighted by Crippen LogP contribution is -2.49. The van der Waals surface area contributed by atoms with Gasteiger partial charge in [-0.3, -0.25) is 9.20 Å². The number of carbonyl (C=O) groups excluding carboxylic acids is 1. The van der Waals surface area contributed by atoms with E-state index in [2.05, 4.69) is 20.1 Å². The molecule has 7 nitrogen and oxygen atoms in total. The van der Waals surface area contributed by atoms with Crippen LogP contribution in [0.25, 0.3) is 11.7 Å². The highest BCUT2D eigenvalue weighted by molar-refractivity contribution is 5.97. The summed E-state index contributed by atoms with van der Waals surface area (Å²) in [4.78, 5) is 21.3. The lowest BCUT2D eigenvalue weighted by molar-refractivity contribution is -0.127. The van der Waals surface area contributed by atoms with Gasteiger partial charge in [-0.2, -0.15) is 0 Å². The fourth-order valence-electron chi connectivity index (χ4n) is 3.38. The highest BCUT2D eigenvalue weighted by Crippen LogP contribution is 2.20. The van der Waals surface area contributed by atoms with Crippen LogP contribution in [0, 0.1) is 6.92 Å². The Morgan fingerprint density at radius 3 is 2.56 bits per heavy atom. The van der Waals surface area contributed by atoms with Crippen molar-refractivity contribution in [1.29, 1.82) is 0 Å². The van der Waals surface area contributed by atoms with E-state index in [-0.39, 0.29) is 5.91 Å². The van der Waals surface area contributed by atoms with Crippen LogP contribution >= 0.6 is 0 Å². The number of rotatable bonds is 3. The zero-order valence-corrected chi connectivity index (χ0v) is 15.5. The van der Waals surface area contributed by atoms with Crippen molar-refractivity contribution >= 4 is 23.4 Å².